The van der Waals surface area contributed by atoms with Crippen LogP contribution in [0.15, 0.2) is 35.7 Å². The van der Waals surface area contributed by atoms with Gasteiger partial charge in [0.25, 0.3) is 5.91 Å². The zero-order valence-corrected chi connectivity index (χ0v) is 14.0. The highest BCUT2D eigenvalue weighted by Gasteiger charge is 2.27. The van der Waals surface area contributed by atoms with Crippen molar-refractivity contribution in [2.75, 3.05) is 0 Å². The van der Waals surface area contributed by atoms with Gasteiger partial charge in [-0.05, 0) is 37.5 Å². The van der Waals surface area contributed by atoms with Crippen molar-refractivity contribution in [3.05, 3.63) is 41.7 Å². The zero-order valence-electron chi connectivity index (χ0n) is 13.2. The van der Waals surface area contributed by atoms with E-state index < -0.39 is 12.1 Å². The van der Waals surface area contributed by atoms with Crippen LogP contribution in [-0.2, 0) is 15.3 Å². The zero-order chi connectivity index (χ0) is 16.9. The van der Waals surface area contributed by atoms with Crippen LogP contribution in [0.3, 0.4) is 0 Å². The molecule has 24 heavy (non-hydrogen) atoms. The van der Waals surface area contributed by atoms with Crippen LogP contribution in [0, 0.1) is 0 Å². The summed E-state index contributed by atoms with van der Waals surface area (Å²) in [6.07, 6.45) is 2.67. The molecule has 2 N–H and O–H groups in total. The molecule has 2 aromatic rings. The minimum Gasteiger partial charge on any atom is -0.449 e. The molecule has 8 heteroatoms. The van der Waals surface area contributed by atoms with E-state index in [9.17, 15) is 9.59 Å². The molecule has 0 saturated heterocycles. The molecule has 1 fully saturated rings. The van der Waals surface area contributed by atoms with Crippen molar-refractivity contribution in [1.29, 1.82) is 0 Å². The highest BCUT2D eigenvalue weighted by Crippen LogP contribution is 2.20. The second kappa shape index (κ2) is 7.48. The van der Waals surface area contributed by atoms with E-state index in [4.69, 9.17) is 4.74 Å². The van der Waals surface area contributed by atoms with E-state index in [1.807, 2.05) is 12.1 Å². The number of aromatic nitrogens is 3. The first-order chi connectivity index (χ1) is 11.6. The molecule has 7 nitrogen and oxygen atoms in total. The quantitative estimate of drug-likeness (QED) is 0.587. The molecule has 1 atom stereocenters. The monoisotopic (exact) mass is 346 g/mol. The van der Waals surface area contributed by atoms with Crippen LogP contribution in [0.1, 0.15) is 35.7 Å². The standard InChI is InChI=1S/C16H18N4O3S/c1-10(14(21)19-13-6-7-13)23-15(22)12-4-2-11(3-5-12)8-24-16-17-9-18-20-16/h2-5,9-10,13H,6-8H2,1H3,(H,19,21)(H,17,18,20). The Morgan fingerprint density at radius 1 is 1.38 bits per heavy atom. The van der Waals surface area contributed by atoms with E-state index in [-0.39, 0.29) is 11.9 Å². The number of rotatable bonds is 7. The topological polar surface area (TPSA) is 97.0 Å². The maximum Gasteiger partial charge on any atom is 0.338 e. The number of esters is 1. The molecule has 1 aromatic carbocycles. The summed E-state index contributed by atoms with van der Waals surface area (Å²) >= 11 is 1.52. The summed E-state index contributed by atoms with van der Waals surface area (Å²) in [5, 5.41) is 10.1. The van der Waals surface area contributed by atoms with E-state index in [1.165, 1.54) is 18.1 Å². The highest BCUT2D eigenvalue weighted by atomic mass is 32.2. The van der Waals surface area contributed by atoms with Gasteiger partial charge in [-0.25, -0.2) is 9.78 Å². The number of ether oxygens (including phenoxy) is 1. The predicted molar refractivity (Wildman–Crippen MR) is 88.4 cm³/mol. The lowest BCUT2D eigenvalue weighted by Gasteiger charge is -2.13. The number of amides is 1. The molecule has 1 aliphatic carbocycles. The molecule has 3 rings (SSSR count). The van der Waals surface area contributed by atoms with Crippen molar-refractivity contribution in [3.63, 3.8) is 0 Å². The number of nitrogens with zero attached hydrogens (tertiary/aromatic N) is 2. The Bertz CT molecular complexity index is 699. The maximum absolute atomic E-state index is 12.1. The van der Waals surface area contributed by atoms with E-state index in [0.717, 1.165) is 23.6 Å². The van der Waals surface area contributed by atoms with Crippen molar-refractivity contribution in [2.45, 2.75) is 42.8 Å². The first-order valence-electron chi connectivity index (χ1n) is 7.70. The fourth-order valence-corrected chi connectivity index (χ4v) is 2.72. The fourth-order valence-electron chi connectivity index (χ4n) is 1.98. The van der Waals surface area contributed by atoms with Gasteiger partial charge in [0.2, 0.25) is 0 Å². The third kappa shape index (κ3) is 4.58. The third-order valence-corrected chi connectivity index (χ3v) is 4.48. The van der Waals surface area contributed by atoms with E-state index in [2.05, 4.69) is 20.5 Å². The molecule has 0 spiro atoms. The van der Waals surface area contributed by atoms with Crippen molar-refractivity contribution < 1.29 is 14.3 Å². The number of thioether (sulfide) groups is 1. The number of aromatic amines is 1. The molecule has 1 heterocycles. The van der Waals surface area contributed by atoms with Crippen LogP contribution in [0.5, 0.6) is 0 Å². The van der Waals surface area contributed by atoms with Gasteiger partial charge in [0.15, 0.2) is 11.3 Å². The number of H-pyrrole nitrogens is 1. The van der Waals surface area contributed by atoms with Crippen molar-refractivity contribution in [2.24, 2.45) is 0 Å². The smallest absolute Gasteiger partial charge is 0.338 e. The average Bonchev–Trinajstić information content (AvgIpc) is 3.24. The Morgan fingerprint density at radius 2 is 2.12 bits per heavy atom. The van der Waals surface area contributed by atoms with Crippen LogP contribution >= 0.6 is 11.8 Å². The summed E-state index contributed by atoms with van der Waals surface area (Å²) in [5.41, 5.74) is 1.47. The molecule has 0 bridgehead atoms. The van der Waals surface area contributed by atoms with Crippen LogP contribution < -0.4 is 5.32 Å². The van der Waals surface area contributed by atoms with E-state index >= 15 is 0 Å². The van der Waals surface area contributed by atoms with Gasteiger partial charge in [0.1, 0.15) is 6.33 Å². The van der Waals surface area contributed by atoms with Crippen LogP contribution in [-0.4, -0.2) is 39.2 Å². The molecule has 1 aliphatic rings. The molecular weight excluding hydrogens is 328 g/mol. The Labute approximate surface area is 143 Å². The summed E-state index contributed by atoms with van der Waals surface area (Å²) in [5.74, 6) is -0.0288. The largest absolute Gasteiger partial charge is 0.449 e. The predicted octanol–water partition coefficient (Wildman–Crippen LogP) is 1.92. The fraction of sp³-hybridized carbons (Fsp3) is 0.375. The Hall–Kier alpha value is -2.35. The second-order valence-electron chi connectivity index (χ2n) is 5.61. The van der Waals surface area contributed by atoms with Gasteiger partial charge in [-0.3, -0.25) is 9.89 Å². The Morgan fingerprint density at radius 3 is 2.75 bits per heavy atom. The molecule has 126 valence electrons. The van der Waals surface area contributed by atoms with Crippen molar-refractivity contribution >= 4 is 23.6 Å². The van der Waals surface area contributed by atoms with E-state index in [1.54, 1.807) is 19.1 Å². The molecule has 1 unspecified atom stereocenters. The number of carbonyl (C=O) groups excluding carboxylic acids is 2. The lowest BCUT2D eigenvalue weighted by atomic mass is 10.1. The number of benzene rings is 1. The van der Waals surface area contributed by atoms with Gasteiger partial charge in [-0.2, -0.15) is 5.10 Å². The van der Waals surface area contributed by atoms with Crippen LogP contribution in [0.25, 0.3) is 0 Å². The van der Waals surface area contributed by atoms with Crippen LogP contribution in [0.2, 0.25) is 0 Å². The maximum atomic E-state index is 12.1. The van der Waals surface area contributed by atoms with Crippen LogP contribution in [0.4, 0.5) is 0 Å². The summed E-state index contributed by atoms with van der Waals surface area (Å²) < 4.78 is 5.21. The first kappa shape index (κ1) is 16.5. The number of hydrogen-bond acceptors (Lipinski definition) is 6. The molecule has 1 saturated carbocycles. The molecule has 1 amide bonds. The summed E-state index contributed by atoms with van der Waals surface area (Å²) in [4.78, 5) is 27.9. The Kier molecular flexibility index (Phi) is 5.14. The minimum atomic E-state index is -0.792. The highest BCUT2D eigenvalue weighted by molar-refractivity contribution is 7.98. The number of carbonyl (C=O) groups is 2. The SMILES string of the molecule is CC(OC(=O)c1ccc(CSc2ncn[nH]2)cc1)C(=O)NC1CC1. The second-order valence-corrected chi connectivity index (χ2v) is 6.57. The number of hydrogen-bond donors (Lipinski definition) is 2. The normalized spacial score (nSPS) is 14.9. The third-order valence-electron chi connectivity index (χ3n) is 3.53. The van der Waals surface area contributed by atoms with E-state index in [0.29, 0.717) is 11.3 Å². The molecule has 0 radical (unpaired) electrons. The summed E-state index contributed by atoms with van der Waals surface area (Å²) in [6, 6.07) is 7.36. The van der Waals surface area contributed by atoms with Gasteiger partial charge in [0, 0.05) is 11.8 Å². The minimum absolute atomic E-state index is 0.245. The Balaban J connectivity index is 1.50. The van der Waals surface area contributed by atoms with Gasteiger partial charge in [-0.1, -0.05) is 23.9 Å². The van der Waals surface area contributed by atoms with Crippen molar-refractivity contribution in [3.8, 4) is 0 Å². The molecule has 1 aromatic heterocycles. The average molecular weight is 346 g/mol. The summed E-state index contributed by atoms with van der Waals surface area (Å²) in [6.45, 7) is 1.58. The van der Waals surface area contributed by atoms with Crippen molar-refractivity contribution in [1.82, 2.24) is 20.5 Å². The van der Waals surface area contributed by atoms with Gasteiger partial charge >= 0.3 is 5.97 Å². The number of nitrogens with one attached hydrogen (secondary N) is 2. The lowest BCUT2D eigenvalue weighted by molar-refractivity contribution is -0.129. The first-order valence-corrected chi connectivity index (χ1v) is 8.69. The molecule has 0 aliphatic heterocycles. The van der Waals surface area contributed by atoms with Gasteiger partial charge in [-0.15, -0.1) is 0 Å². The van der Waals surface area contributed by atoms with Gasteiger partial charge in [0.05, 0.1) is 5.56 Å². The lowest BCUT2D eigenvalue weighted by Crippen LogP contribution is -2.37. The van der Waals surface area contributed by atoms with Gasteiger partial charge < -0.3 is 10.1 Å². The summed E-state index contributed by atoms with van der Waals surface area (Å²) in [7, 11) is 0. The molecular formula is C16H18N4O3S.